The molecule has 2 nitrogen and oxygen atoms in total. The minimum Gasteiger partial charge on any atom is -0.361 e. The molecule has 0 saturated carbocycles. The maximum atomic E-state index is 13.6. The molecule has 0 atom stereocenters. The number of fused-ring (bicyclic) bond motifs is 1. The van der Waals surface area contributed by atoms with Gasteiger partial charge in [-0.1, -0.05) is 84.1 Å². The second-order valence-electron chi connectivity index (χ2n) is 9.58. The average molecular weight is 547 g/mol. The number of para-hydroxylation sites is 1. The maximum Gasteiger partial charge on any atom is 0.416 e. The second kappa shape index (κ2) is 9.72. The zero-order valence-electron chi connectivity index (χ0n) is 19.4. The van der Waals surface area contributed by atoms with Crippen molar-refractivity contribution < 1.29 is 17.9 Å². The fourth-order valence-electron chi connectivity index (χ4n) is 4.05. The van der Waals surface area contributed by atoms with Crippen LogP contribution in [-0.4, -0.2) is 19.2 Å². The van der Waals surface area contributed by atoms with Gasteiger partial charge in [0.15, 0.2) is 0 Å². The van der Waals surface area contributed by atoms with E-state index in [9.17, 15) is 13.2 Å². The molecule has 0 aliphatic carbocycles. The average Bonchev–Trinajstić information content (AvgIpc) is 3.10. The Labute approximate surface area is 207 Å². The van der Waals surface area contributed by atoms with E-state index in [4.69, 9.17) is 4.74 Å². The zero-order chi connectivity index (χ0) is 24.5. The Morgan fingerprint density at radius 3 is 2.32 bits per heavy atom. The third kappa shape index (κ3) is 5.32. The fourth-order valence-corrected chi connectivity index (χ4v) is 5.28. The molecule has 0 amide bonds. The van der Waals surface area contributed by atoms with E-state index in [0.29, 0.717) is 18.9 Å². The number of hydrogen-bond acceptors (Lipinski definition) is 1. The van der Waals surface area contributed by atoms with Crippen LogP contribution in [-0.2, 0) is 17.6 Å². The molecule has 0 N–H and O–H groups in total. The molecule has 4 aromatic rings. The van der Waals surface area contributed by atoms with Gasteiger partial charge in [0.1, 0.15) is 6.73 Å². The van der Waals surface area contributed by atoms with Crippen LogP contribution in [0.4, 0.5) is 13.2 Å². The zero-order valence-corrected chi connectivity index (χ0v) is 22.0. The van der Waals surface area contributed by atoms with Crippen LogP contribution in [0.15, 0.2) is 77.3 Å². The van der Waals surface area contributed by atoms with Crippen molar-refractivity contribution in [2.24, 2.45) is 0 Å². The third-order valence-electron chi connectivity index (χ3n) is 5.80. The Balaban J connectivity index is 1.94. The molecule has 0 fully saturated rings. The summed E-state index contributed by atoms with van der Waals surface area (Å²) < 4.78 is 49.8. The number of alkyl halides is 3. The van der Waals surface area contributed by atoms with Crippen molar-refractivity contribution in [3.63, 3.8) is 0 Å². The van der Waals surface area contributed by atoms with Gasteiger partial charge in [0, 0.05) is 35.7 Å². The van der Waals surface area contributed by atoms with Gasteiger partial charge in [-0.2, -0.15) is 13.2 Å². The molecule has 0 aliphatic rings. The van der Waals surface area contributed by atoms with Crippen molar-refractivity contribution in [3.05, 3.63) is 82.8 Å². The first-order chi connectivity index (χ1) is 16.1. The van der Waals surface area contributed by atoms with Crippen molar-refractivity contribution in [2.45, 2.75) is 38.6 Å². The molecule has 0 saturated heterocycles. The predicted molar refractivity (Wildman–Crippen MR) is 140 cm³/mol. The summed E-state index contributed by atoms with van der Waals surface area (Å²) in [4.78, 5) is 0. The number of rotatable bonds is 7. The highest BCUT2D eigenvalue weighted by molar-refractivity contribution is 9.10. The number of aromatic nitrogens is 1. The van der Waals surface area contributed by atoms with Crippen molar-refractivity contribution in [2.75, 3.05) is 6.61 Å². The number of benzene rings is 3. The maximum absolute atomic E-state index is 13.6. The summed E-state index contributed by atoms with van der Waals surface area (Å²) in [6.45, 7) is 7.89. The van der Waals surface area contributed by atoms with Crippen LogP contribution < -0.4 is 0 Å². The lowest BCUT2D eigenvalue weighted by atomic mass is 9.97. The summed E-state index contributed by atoms with van der Waals surface area (Å²) in [7, 11) is -1.26. The van der Waals surface area contributed by atoms with Gasteiger partial charge < -0.3 is 9.30 Å². The van der Waals surface area contributed by atoms with Gasteiger partial charge in [-0.05, 0) is 35.9 Å². The van der Waals surface area contributed by atoms with Gasteiger partial charge in [0.05, 0.1) is 16.8 Å². The molecular formula is C27H27BrF3NOSi. The molecule has 0 bridgehead atoms. The summed E-state index contributed by atoms with van der Waals surface area (Å²) >= 11 is 3.66. The monoisotopic (exact) mass is 545 g/mol. The van der Waals surface area contributed by atoms with Gasteiger partial charge in [-0.15, -0.1) is 0 Å². The molecule has 7 heteroatoms. The summed E-state index contributed by atoms with van der Waals surface area (Å²) in [6.07, 6.45) is -4.41. The summed E-state index contributed by atoms with van der Waals surface area (Å²) in [5, 5.41) is 0.890. The van der Waals surface area contributed by atoms with Gasteiger partial charge in [0.2, 0.25) is 0 Å². The molecular weight excluding hydrogens is 519 g/mol. The van der Waals surface area contributed by atoms with Crippen LogP contribution >= 0.6 is 15.9 Å². The van der Waals surface area contributed by atoms with E-state index in [1.807, 2.05) is 48.5 Å². The Morgan fingerprint density at radius 2 is 1.62 bits per heavy atom. The van der Waals surface area contributed by atoms with E-state index in [1.54, 1.807) is 6.07 Å². The van der Waals surface area contributed by atoms with E-state index in [1.165, 1.54) is 12.1 Å². The second-order valence-corrected chi connectivity index (χ2v) is 16.1. The van der Waals surface area contributed by atoms with Gasteiger partial charge in [-0.3, -0.25) is 0 Å². The molecule has 0 radical (unpaired) electrons. The SMILES string of the molecule is C[Si](C)(C)CCOCn1c(-c2ccccc2Br)c(-c2cccc(C(F)(F)F)c2)c2ccccc21. The standard InChI is InChI=1S/C27H27BrF3NOSi/c1-34(2,3)16-15-33-18-32-24-14-7-5-12-22(24)25(26(32)21-11-4-6-13-23(21)28)19-9-8-10-20(17-19)27(29,30)31/h4-14,17H,15-16,18H2,1-3H3. The summed E-state index contributed by atoms with van der Waals surface area (Å²) in [6, 6.07) is 22.2. The summed E-state index contributed by atoms with van der Waals surface area (Å²) in [5.41, 5.74) is 3.29. The quantitative estimate of drug-likeness (QED) is 0.167. The Kier molecular flexibility index (Phi) is 7.08. The van der Waals surface area contributed by atoms with Crippen LogP contribution in [0, 0.1) is 0 Å². The number of nitrogens with zero attached hydrogens (tertiary/aromatic N) is 1. The smallest absolute Gasteiger partial charge is 0.361 e. The third-order valence-corrected chi connectivity index (χ3v) is 8.19. The van der Waals surface area contributed by atoms with E-state index >= 15 is 0 Å². The van der Waals surface area contributed by atoms with Gasteiger partial charge in [-0.25, -0.2) is 0 Å². The molecule has 1 heterocycles. The first-order valence-electron chi connectivity index (χ1n) is 11.2. The Bertz CT molecular complexity index is 1310. The molecule has 1 aromatic heterocycles. The summed E-state index contributed by atoms with van der Waals surface area (Å²) in [5.74, 6) is 0. The lowest BCUT2D eigenvalue weighted by Crippen LogP contribution is -2.22. The minimum absolute atomic E-state index is 0.320. The van der Waals surface area contributed by atoms with Crippen LogP contribution in [0.2, 0.25) is 25.7 Å². The lowest BCUT2D eigenvalue weighted by molar-refractivity contribution is -0.137. The number of halogens is 4. The fraction of sp³-hybridized carbons (Fsp3) is 0.259. The van der Waals surface area contributed by atoms with Crippen LogP contribution in [0.3, 0.4) is 0 Å². The van der Waals surface area contributed by atoms with E-state index in [0.717, 1.165) is 44.3 Å². The van der Waals surface area contributed by atoms with Crippen LogP contribution in [0.1, 0.15) is 5.56 Å². The molecule has 0 aliphatic heterocycles. The van der Waals surface area contributed by atoms with Crippen molar-refractivity contribution in [1.29, 1.82) is 0 Å². The molecule has 0 spiro atoms. The van der Waals surface area contributed by atoms with E-state index < -0.39 is 19.8 Å². The van der Waals surface area contributed by atoms with Crippen LogP contribution in [0.25, 0.3) is 33.3 Å². The molecule has 0 unspecified atom stereocenters. The number of hydrogen-bond donors (Lipinski definition) is 0. The first-order valence-corrected chi connectivity index (χ1v) is 15.7. The van der Waals surface area contributed by atoms with Crippen molar-refractivity contribution >= 4 is 34.9 Å². The highest BCUT2D eigenvalue weighted by Gasteiger charge is 2.31. The molecule has 178 valence electrons. The Morgan fingerprint density at radius 1 is 0.912 bits per heavy atom. The van der Waals surface area contributed by atoms with E-state index in [-0.39, 0.29) is 0 Å². The largest absolute Gasteiger partial charge is 0.416 e. The van der Waals surface area contributed by atoms with Gasteiger partial charge in [0.25, 0.3) is 0 Å². The lowest BCUT2D eigenvalue weighted by Gasteiger charge is -2.18. The van der Waals surface area contributed by atoms with E-state index in [2.05, 4.69) is 40.1 Å². The number of ether oxygens (including phenoxy) is 1. The Hall–Kier alpha value is -2.35. The highest BCUT2D eigenvalue weighted by atomic mass is 79.9. The predicted octanol–water partition coefficient (Wildman–Crippen LogP) is 9.07. The van der Waals surface area contributed by atoms with Crippen molar-refractivity contribution in [1.82, 2.24) is 4.57 Å². The highest BCUT2D eigenvalue weighted by Crippen LogP contribution is 2.44. The molecule has 34 heavy (non-hydrogen) atoms. The topological polar surface area (TPSA) is 14.2 Å². The molecule has 4 rings (SSSR count). The van der Waals surface area contributed by atoms with Gasteiger partial charge >= 0.3 is 6.18 Å². The first kappa shape index (κ1) is 24.8. The molecule has 3 aromatic carbocycles. The minimum atomic E-state index is -4.41. The normalized spacial score (nSPS) is 12.4. The van der Waals surface area contributed by atoms with Crippen LogP contribution in [0.5, 0.6) is 0 Å². The van der Waals surface area contributed by atoms with Crippen molar-refractivity contribution in [3.8, 4) is 22.4 Å².